The van der Waals surface area contributed by atoms with Crippen molar-refractivity contribution in [3.05, 3.63) is 65.2 Å². The van der Waals surface area contributed by atoms with Crippen LogP contribution in [-0.2, 0) is 34.4 Å². The van der Waals surface area contributed by atoms with Crippen molar-refractivity contribution in [2.75, 3.05) is 40.4 Å². The number of morpholine rings is 1. The first kappa shape index (κ1) is 23.2. The predicted molar refractivity (Wildman–Crippen MR) is 122 cm³/mol. The summed E-state index contributed by atoms with van der Waals surface area (Å²) in [5, 5.41) is 6.64. The number of nitrogens with one attached hydrogen (secondary N) is 3. The van der Waals surface area contributed by atoms with Gasteiger partial charge in [-0.1, -0.05) is 36.4 Å². The van der Waals surface area contributed by atoms with Crippen molar-refractivity contribution in [1.29, 1.82) is 0 Å². The summed E-state index contributed by atoms with van der Waals surface area (Å²) in [4.78, 5) is 6.95. The maximum atomic E-state index is 11.8. The number of ether oxygens (including phenoxy) is 1. The molecule has 2 aromatic rings. The number of hydrogen-bond acceptors (Lipinski definition) is 5. The summed E-state index contributed by atoms with van der Waals surface area (Å²) in [5.74, 6) is 0.688. The van der Waals surface area contributed by atoms with Gasteiger partial charge in [-0.2, -0.15) is 0 Å². The van der Waals surface area contributed by atoms with Crippen LogP contribution < -0.4 is 15.4 Å². The second-order valence-electron chi connectivity index (χ2n) is 7.29. The molecule has 31 heavy (non-hydrogen) atoms. The lowest BCUT2D eigenvalue weighted by molar-refractivity contribution is 0.0341. The highest BCUT2D eigenvalue weighted by Gasteiger charge is 2.13. The van der Waals surface area contributed by atoms with Crippen molar-refractivity contribution >= 4 is 16.0 Å². The number of benzene rings is 2. The number of guanidine groups is 1. The molecule has 2 aromatic carbocycles. The minimum atomic E-state index is -3.42. The number of aliphatic imine (C=N–C) groups is 1. The summed E-state index contributed by atoms with van der Waals surface area (Å²) in [6.45, 7) is 5.61. The predicted octanol–water partition coefficient (Wildman–Crippen LogP) is 1.29. The van der Waals surface area contributed by atoms with Crippen molar-refractivity contribution in [3.8, 4) is 0 Å². The van der Waals surface area contributed by atoms with E-state index in [4.69, 9.17) is 4.74 Å². The molecule has 8 nitrogen and oxygen atoms in total. The molecule has 1 heterocycles. The second kappa shape index (κ2) is 11.2. The monoisotopic (exact) mass is 445 g/mol. The molecule has 168 valence electrons. The van der Waals surface area contributed by atoms with Gasteiger partial charge >= 0.3 is 0 Å². The Kier molecular flexibility index (Phi) is 8.42. The van der Waals surface area contributed by atoms with Crippen LogP contribution in [0.3, 0.4) is 0 Å². The van der Waals surface area contributed by atoms with Gasteiger partial charge in [-0.3, -0.25) is 9.89 Å². The van der Waals surface area contributed by atoms with Gasteiger partial charge < -0.3 is 15.4 Å². The van der Waals surface area contributed by atoms with E-state index in [9.17, 15) is 8.42 Å². The molecule has 1 saturated heterocycles. The van der Waals surface area contributed by atoms with E-state index in [1.807, 2.05) is 0 Å². The van der Waals surface area contributed by atoms with Crippen LogP contribution in [-0.4, -0.2) is 59.7 Å². The second-order valence-corrected chi connectivity index (χ2v) is 9.17. The summed E-state index contributed by atoms with van der Waals surface area (Å²) in [6, 6.07) is 15.2. The number of sulfonamides is 1. The average Bonchev–Trinajstić information content (AvgIpc) is 2.81. The highest BCUT2D eigenvalue weighted by atomic mass is 32.2. The fraction of sp³-hybridized carbons (Fsp3) is 0.409. The average molecular weight is 446 g/mol. The first-order valence-corrected chi connectivity index (χ1v) is 11.8. The SMILES string of the molecule is CN=C(NCc1ccc(S(=O)(=O)NC)cc1)NCc1ccccc1CN1CCOCC1. The van der Waals surface area contributed by atoms with Gasteiger partial charge in [-0.25, -0.2) is 13.1 Å². The van der Waals surface area contributed by atoms with Gasteiger partial charge in [0.15, 0.2) is 5.96 Å². The summed E-state index contributed by atoms with van der Waals surface area (Å²) >= 11 is 0. The molecule has 1 aliphatic rings. The van der Waals surface area contributed by atoms with Crippen LogP contribution in [0.5, 0.6) is 0 Å². The zero-order chi connectivity index (χ0) is 22.1. The van der Waals surface area contributed by atoms with E-state index in [1.165, 1.54) is 18.2 Å². The first-order chi connectivity index (χ1) is 15.0. The Morgan fingerprint density at radius 2 is 1.65 bits per heavy atom. The summed E-state index contributed by atoms with van der Waals surface area (Å²) in [6.07, 6.45) is 0. The smallest absolute Gasteiger partial charge is 0.240 e. The molecule has 0 amide bonds. The molecular formula is C22H31N5O3S. The van der Waals surface area contributed by atoms with Crippen LogP contribution in [0.25, 0.3) is 0 Å². The molecule has 0 spiro atoms. The standard InChI is InChI=1S/C22H31N5O3S/c1-23-22(25-15-18-7-9-21(10-8-18)31(28,29)24-2)26-16-19-5-3-4-6-20(19)17-27-11-13-30-14-12-27/h3-10,24H,11-17H2,1-2H3,(H2,23,25,26). The minimum Gasteiger partial charge on any atom is -0.379 e. The van der Waals surface area contributed by atoms with E-state index < -0.39 is 10.0 Å². The van der Waals surface area contributed by atoms with Crippen molar-refractivity contribution in [2.45, 2.75) is 24.5 Å². The van der Waals surface area contributed by atoms with Crippen molar-refractivity contribution in [2.24, 2.45) is 4.99 Å². The topological polar surface area (TPSA) is 95.1 Å². The molecule has 0 bridgehead atoms. The Hall–Kier alpha value is -2.46. The molecule has 0 saturated carbocycles. The van der Waals surface area contributed by atoms with Gasteiger partial charge in [0, 0.05) is 39.8 Å². The normalized spacial score (nSPS) is 15.6. The molecule has 0 radical (unpaired) electrons. The van der Waals surface area contributed by atoms with E-state index in [-0.39, 0.29) is 4.90 Å². The lowest BCUT2D eigenvalue weighted by atomic mass is 10.1. The third-order valence-electron chi connectivity index (χ3n) is 5.25. The lowest BCUT2D eigenvalue weighted by Gasteiger charge is -2.27. The Morgan fingerprint density at radius 3 is 2.29 bits per heavy atom. The molecule has 1 fully saturated rings. The van der Waals surface area contributed by atoms with Crippen molar-refractivity contribution in [1.82, 2.24) is 20.3 Å². The third kappa shape index (κ3) is 6.76. The highest BCUT2D eigenvalue weighted by Crippen LogP contribution is 2.13. The van der Waals surface area contributed by atoms with Crippen LogP contribution in [0.15, 0.2) is 58.4 Å². The Balaban J connectivity index is 1.54. The fourth-order valence-electron chi connectivity index (χ4n) is 3.37. The Morgan fingerprint density at radius 1 is 1.00 bits per heavy atom. The molecule has 0 aliphatic carbocycles. The summed E-state index contributed by atoms with van der Waals surface area (Å²) in [5.41, 5.74) is 3.50. The van der Waals surface area contributed by atoms with E-state index in [0.29, 0.717) is 19.0 Å². The van der Waals surface area contributed by atoms with Crippen LogP contribution >= 0.6 is 0 Å². The maximum absolute atomic E-state index is 11.8. The molecule has 1 aliphatic heterocycles. The Bertz CT molecular complexity index is 971. The fourth-order valence-corrected chi connectivity index (χ4v) is 4.10. The molecular weight excluding hydrogens is 414 g/mol. The van der Waals surface area contributed by atoms with E-state index in [0.717, 1.165) is 38.4 Å². The van der Waals surface area contributed by atoms with Gasteiger partial charge in [0.1, 0.15) is 0 Å². The lowest BCUT2D eigenvalue weighted by Crippen LogP contribution is -2.37. The summed E-state index contributed by atoms with van der Waals surface area (Å²) < 4.78 is 31.4. The number of hydrogen-bond donors (Lipinski definition) is 3. The molecule has 3 rings (SSSR count). The summed E-state index contributed by atoms with van der Waals surface area (Å²) in [7, 11) is -0.286. The largest absolute Gasteiger partial charge is 0.379 e. The van der Waals surface area contributed by atoms with E-state index in [2.05, 4.69) is 49.5 Å². The maximum Gasteiger partial charge on any atom is 0.240 e. The molecule has 9 heteroatoms. The molecule has 0 aromatic heterocycles. The molecule has 3 N–H and O–H groups in total. The minimum absolute atomic E-state index is 0.248. The van der Waals surface area contributed by atoms with Crippen molar-refractivity contribution in [3.63, 3.8) is 0 Å². The molecule has 0 atom stereocenters. The van der Waals surface area contributed by atoms with E-state index >= 15 is 0 Å². The third-order valence-corrected chi connectivity index (χ3v) is 6.68. The van der Waals surface area contributed by atoms with Crippen LogP contribution in [0, 0.1) is 0 Å². The zero-order valence-corrected chi connectivity index (χ0v) is 18.9. The quantitative estimate of drug-likeness (QED) is 0.419. The molecule has 0 unspecified atom stereocenters. The number of nitrogens with zero attached hydrogens (tertiary/aromatic N) is 2. The Labute approximate surface area is 184 Å². The number of rotatable bonds is 8. The van der Waals surface area contributed by atoms with Gasteiger partial charge in [-0.15, -0.1) is 0 Å². The van der Waals surface area contributed by atoms with Crippen LogP contribution in [0.2, 0.25) is 0 Å². The van der Waals surface area contributed by atoms with Crippen LogP contribution in [0.4, 0.5) is 0 Å². The van der Waals surface area contributed by atoms with Crippen LogP contribution in [0.1, 0.15) is 16.7 Å². The zero-order valence-electron chi connectivity index (χ0n) is 18.1. The highest BCUT2D eigenvalue weighted by molar-refractivity contribution is 7.89. The van der Waals surface area contributed by atoms with Gasteiger partial charge in [-0.05, 0) is 35.9 Å². The first-order valence-electron chi connectivity index (χ1n) is 10.4. The van der Waals surface area contributed by atoms with Gasteiger partial charge in [0.2, 0.25) is 10.0 Å². The van der Waals surface area contributed by atoms with E-state index in [1.54, 1.807) is 31.3 Å². The van der Waals surface area contributed by atoms with Gasteiger partial charge in [0.25, 0.3) is 0 Å². The van der Waals surface area contributed by atoms with Crippen molar-refractivity contribution < 1.29 is 13.2 Å². The van der Waals surface area contributed by atoms with Gasteiger partial charge in [0.05, 0.1) is 18.1 Å².